The number of imidazole rings is 1. The number of nitrogens with zero attached hydrogens (tertiary/aromatic N) is 4. The highest BCUT2D eigenvalue weighted by molar-refractivity contribution is 5.70. The Balaban J connectivity index is 1.42. The zero-order valence-corrected chi connectivity index (χ0v) is 19.8. The third-order valence-electron chi connectivity index (χ3n) is 6.41. The van der Waals surface area contributed by atoms with Crippen molar-refractivity contribution in [1.82, 2.24) is 24.9 Å². The van der Waals surface area contributed by atoms with Crippen molar-refractivity contribution in [3.05, 3.63) is 65.5 Å². The molecule has 4 heterocycles. The molecule has 1 aromatic carbocycles. The predicted octanol–water partition coefficient (Wildman–Crippen LogP) is 5.20. The molecule has 1 N–H and O–H groups in total. The van der Waals surface area contributed by atoms with E-state index in [1.54, 1.807) is 25.4 Å². The van der Waals surface area contributed by atoms with Crippen LogP contribution in [0.5, 0.6) is 17.4 Å². The zero-order chi connectivity index (χ0) is 25.6. The van der Waals surface area contributed by atoms with Crippen LogP contribution in [0.1, 0.15) is 41.3 Å². The fraction of sp³-hybridized carbons (Fsp3) is 0.308. The van der Waals surface area contributed by atoms with Crippen LogP contribution in [0.3, 0.4) is 0 Å². The molecule has 1 aliphatic carbocycles. The van der Waals surface area contributed by atoms with Gasteiger partial charge in [0.1, 0.15) is 42.6 Å². The number of alkyl halides is 3. The molecule has 3 aromatic heterocycles. The van der Waals surface area contributed by atoms with Crippen LogP contribution < -0.4 is 14.2 Å². The lowest BCUT2D eigenvalue weighted by Gasteiger charge is -2.19. The topological polar surface area (TPSA) is 95.0 Å². The Labute approximate surface area is 209 Å². The number of aromatic amines is 1. The quantitative estimate of drug-likeness (QED) is 0.406. The fourth-order valence-electron chi connectivity index (χ4n) is 4.43. The molecule has 0 radical (unpaired) electrons. The molecular weight excluding hydrogens is 487 g/mol. The molecule has 1 saturated carbocycles. The Morgan fingerprint density at radius 1 is 0.973 bits per heavy atom. The molecule has 0 unspecified atom stereocenters. The van der Waals surface area contributed by atoms with Crippen molar-refractivity contribution in [3.8, 4) is 40.0 Å². The molecule has 11 heteroatoms. The molecule has 0 spiro atoms. The van der Waals surface area contributed by atoms with Crippen molar-refractivity contribution in [2.45, 2.75) is 31.4 Å². The van der Waals surface area contributed by atoms with E-state index < -0.39 is 11.9 Å². The van der Waals surface area contributed by atoms with Crippen molar-refractivity contribution in [2.75, 3.05) is 20.3 Å². The van der Waals surface area contributed by atoms with E-state index in [2.05, 4.69) is 24.9 Å². The van der Waals surface area contributed by atoms with E-state index in [1.807, 2.05) is 12.1 Å². The number of benzene rings is 1. The third kappa shape index (κ3) is 4.56. The van der Waals surface area contributed by atoms with Gasteiger partial charge >= 0.3 is 6.18 Å². The molecule has 0 saturated heterocycles. The number of methoxy groups -OCH3 is 1. The summed E-state index contributed by atoms with van der Waals surface area (Å²) in [6, 6.07) is 7.15. The van der Waals surface area contributed by atoms with Gasteiger partial charge in [0.05, 0.1) is 36.5 Å². The molecule has 1 aliphatic heterocycles. The first-order valence-electron chi connectivity index (χ1n) is 11.8. The summed E-state index contributed by atoms with van der Waals surface area (Å²) in [5.74, 6) is 2.00. The summed E-state index contributed by atoms with van der Waals surface area (Å²) in [7, 11) is 1.58. The van der Waals surface area contributed by atoms with Crippen molar-refractivity contribution in [3.63, 3.8) is 0 Å². The van der Waals surface area contributed by atoms with Crippen LogP contribution in [0.15, 0.2) is 43.0 Å². The van der Waals surface area contributed by atoms with Crippen LogP contribution in [0, 0.1) is 0 Å². The number of H-pyrrole nitrogens is 1. The van der Waals surface area contributed by atoms with Gasteiger partial charge in [0, 0.05) is 23.5 Å². The fourth-order valence-corrected chi connectivity index (χ4v) is 4.43. The van der Waals surface area contributed by atoms with E-state index in [-0.39, 0.29) is 19.0 Å². The summed E-state index contributed by atoms with van der Waals surface area (Å²) in [6.45, 7) is 0.406. The first-order chi connectivity index (χ1) is 17.9. The minimum absolute atomic E-state index is 0.100. The molecule has 8 nitrogen and oxygen atoms in total. The molecule has 190 valence electrons. The average Bonchev–Trinajstić information content (AvgIpc) is 3.60. The van der Waals surface area contributed by atoms with Gasteiger partial charge in [0.25, 0.3) is 0 Å². The van der Waals surface area contributed by atoms with E-state index in [0.29, 0.717) is 41.0 Å². The Morgan fingerprint density at radius 2 is 1.81 bits per heavy atom. The number of hydrogen-bond acceptors (Lipinski definition) is 7. The van der Waals surface area contributed by atoms with Crippen LogP contribution in [0.4, 0.5) is 13.2 Å². The molecule has 4 aromatic rings. The number of pyridine rings is 1. The lowest BCUT2D eigenvalue weighted by molar-refractivity contribution is -0.140. The van der Waals surface area contributed by atoms with Gasteiger partial charge in [-0.3, -0.25) is 4.98 Å². The van der Waals surface area contributed by atoms with E-state index in [0.717, 1.165) is 41.4 Å². The molecule has 2 aliphatic rings. The summed E-state index contributed by atoms with van der Waals surface area (Å²) in [4.78, 5) is 19.8. The van der Waals surface area contributed by atoms with E-state index in [4.69, 9.17) is 14.2 Å². The first-order valence-corrected chi connectivity index (χ1v) is 11.8. The lowest BCUT2D eigenvalue weighted by atomic mass is 9.99. The van der Waals surface area contributed by atoms with E-state index >= 15 is 0 Å². The summed E-state index contributed by atoms with van der Waals surface area (Å²) < 4.78 is 56.8. The van der Waals surface area contributed by atoms with E-state index in [9.17, 15) is 13.2 Å². The Morgan fingerprint density at radius 3 is 2.57 bits per heavy atom. The Bertz CT molecular complexity index is 1470. The van der Waals surface area contributed by atoms with E-state index in [1.165, 1.54) is 6.33 Å². The number of nitrogens with one attached hydrogen (secondary N) is 1. The molecule has 2 bridgehead atoms. The highest BCUT2D eigenvalue weighted by Gasteiger charge is 2.33. The van der Waals surface area contributed by atoms with Crippen molar-refractivity contribution < 1.29 is 27.4 Å². The van der Waals surface area contributed by atoms with Gasteiger partial charge in [-0.15, -0.1) is 0 Å². The molecule has 6 rings (SSSR count). The number of fused-ring (bicyclic) bond motifs is 5. The maximum Gasteiger partial charge on any atom is 0.432 e. The monoisotopic (exact) mass is 509 g/mol. The van der Waals surface area contributed by atoms with Gasteiger partial charge in [-0.05, 0) is 30.5 Å². The second-order valence-electron chi connectivity index (χ2n) is 8.93. The molecule has 37 heavy (non-hydrogen) atoms. The number of rotatable bonds is 3. The number of ether oxygens (including phenoxy) is 3. The summed E-state index contributed by atoms with van der Waals surface area (Å²) in [5, 5.41) is 0. The van der Waals surface area contributed by atoms with Crippen molar-refractivity contribution in [1.29, 1.82) is 0 Å². The van der Waals surface area contributed by atoms with Crippen LogP contribution in [0.25, 0.3) is 22.6 Å². The van der Waals surface area contributed by atoms with Gasteiger partial charge in [-0.2, -0.15) is 13.2 Å². The largest absolute Gasteiger partial charge is 0.495 e. The Kier molecular flexibility index (Phi) is 5.69. The smallest absolute Gasteiger partial charge is 0.432 e. The Hall–Kier alpha value is -4.15. The summed E-state index contributed by atoms with van der Waals surface area (Å²) in [6.07, 6.45) is 2.01. The number of aromatic nitrogens is 5. The average molecular weight is 509 g/mol. The second-order valence-corrected chi connectivity index (χ2v) is 8.93. The van der Waals surface area contributed by atoms with Crippen molar-refractivity contribution >= 4 is 0 Å². The number of hydrogen-bond donors (Lipinski definition) is 1. The minimum Gasteiger partial charge on any atom is -0.495 e. The predicted molar refractivity (Wildman–Crippen MR) is 127 cm³/mol. The summed E-state index contributed by atoms with van der Waals surface area (Å²) in [5.41, 5.74) is 3.65. The zero-order valence-electron chi connectivity index (χ0n) is 19.8. The van der Waals surface area contributed by atoms with Crippen molar-refractivity contribution in [2.24, 2.45) is 0 Å². The highest BCUT2D eigenvalue weighted by Crippen LogP contribution is 2.46. The maximum absolute atomic E-state index is 13.1. The maximum atomic E-state index is 13.1. The van der Waals surface area contributed by atoms with Crippen LogP contribution in [-0.4, -0.2) is 45.2 Å². The lowest BCUT2D eigenvalue weighted by Crippen LogP contribution is -2.13. The molecule has 0 atom stereocenters. The first kappa shape index (κ1) is 23.3. The van der Waals surface area contributed by atoms with Gasteiger partial charge in [0.2, 0.25) is 5.88 Å². The van der Waals surface area contributed by atoms with Gasteiger partial charge in [-0.25, -0.2) is 15.0 Å². The van der Waals surface area contributed by atoms with Gasteiger partial charge in [0.15, 0.2) is 0 Å². The van der Waals surface area contributed by atoms with Crippen LogP contribution >= 0.6 is 0 Å². The third-order valence-corrected chi connectivity index (χ3v) is 6.41. The second kappa shape index (κ2) is 9.06. The van der Waals surface area contributed by atoms with Gasteiger partial charge in [-0.1, -0.05) is 12.1 Å². The molecule has 1 fully saturated rings. The van der Waals surface area contributed by atoms with Crippen LogP contribution in [-0.2, 0) is 12.6 Å². The SMILES string of the molecule is COc1cnc2cc1Cc1ccc(-c3ncc(C(F)(F)F)[nH]3)cc1OCCOc1ncnc(C3CC3)c1-2. The minimum atomic E-state index is -4.51. The molecule has 0 amide bonds. The normalized spacial score (nSPS) is 15.4. The standard InChI is InChI=1S/C26H22F3N5O3/c1-35-20-11-30-18-9-17(20)8-15-4-5-16(24-31-12-21(34-24)26(27,28)29)10-19(15)36-6-7-37-25-22(18)23(14-2-3-14)32-13-33-25/h4-5,9-14H,2-3,6-8H2,1H3,(H,31,34). The van der Waals surface area contributed by atoms with Gasteiger partial charge < -0.3 is 19.2 Å². The molecular formula is C26H22F3N5O3. The van der Waals surface area contributed by atoms with Crippen LogP contribution in [0.2, 0.25) is 0 Å². The number of halogens is 3. The summed E-state index contributed by atoms with van der Waals surface area (Å²) >= 11 is 0. The highest BCUT2D eigenvalue weighted by atomic mass is 19.4.